The van der Waals surface area contributed by atoms with E-state index in [0.717, 1.165) is 28.4 Å². The summed E-state index contributed by atoms with van der Waals surface area (Å²) in [5.41, 5.74) is 0.611. The smallest absolute Gasteiger partial charge is 0.260 e. The number of carbonyl (C=O) groups is 3. The second kappa shape index (κ2) is 8.21. The Bertz CT molecular complexity index is 1370. The molecule has 1 aliphatic rings. The molecular weight excluding hydrogens is 452 g/mol. The van der Waals surface area contributed by atoms with Crippen molar-refractivity contribution in [3.8, 4) is 0 Å². The molecule has 0 saturated carbocycles. The molecule has 3 amide bonds. The van der Waals surface area contributed by atoms with Gasteiger partial charge in [-0.1, -0.05) is 11.3 Å². The standard InChI is InChI=1S/C23H15F2N3O4S/c24-14-10-17(25)21-18(11-14)33-23(26-21)27(12-16-2-1-9-32-16)22(31)13-3-5-15(6-4-13)28-19(29)7-8-20(28)30/h1-6,9-11H,7-8,12H2. The van der Waals surface area contributed by atoms with Crippen molar-refractivity contribution in [3.63, 3.8) is 0 Å². The van der Waals surface area contributed by atoms with Gasteiger partial charge in [0.15, 0.2) is 10.9 Å². The third-order valence-corrected chi connectivity index (χ3v) is 6.22. The van der Waals surface area contributed by atoms with Crippen LogP contribution >= 0.6 is 11.3 Å². The minimum atomic E-state index is -0.817. The molecule has 10 heteroatoms. The maximum Gasteiger partial charge on any atom is 0.260 e. The molecule has 4 aromatic rings. The van der Waals surface area contributed by atoms with E-state index >= 15 is 0 Å². The van der Waals surface area contributed by atoms with Crippen LogP contribution in [0, 0.1) is 11.6 Å². The van der Waals surface area contributed by atoms with E-state index in [0.29, 0.717) is 11.4 Å². The summed E-state index contributed by atoms with van der Waals surface area (Å²) < 4.78 is 33.5. The Kier molecular flexibility index (Phi) is 5.21. The van der Waals surface area contributed by atoms with Crippen molar-refractivity contribution in [1.82, 2.24) is 4.98 Å². The van der Waals surface area contributed by atoms with Gasteiger partial charge in [0.05, 0.1) is 23.2 Å². The fraction of sp³-hybridized carbons (Fsp3) is 0.130. The highest BCUT2D eigenvalue weighted by molar-refractivity contribution is 7.22. The van der Waals surface area contributed by atoms with Crippen LogP contribution in [-0.4, -0.2) is 22.7 Å². The number of hydrogen-bond acceptors (Lipinski definition) is 6. The fourth-order valence-electron chi connectivity index (χ4n) is 3.62. The number of benzene rings is 2. The largest absolute Gasteiger partial charge is 0.467 e. The summed E-state index contributed by atoms with van der Waals surface area (Å²) in [5, 5.41) is 0.171. The highest BCUT2D eigenvalue weighted by atomic mass is 32.1. The molecule has 0 aliphatic carbocycles. The number of hydrogen-bond donors (Lipinski definition) is 0. The van der Waals surface area contributed by atoms with Gasteiger partial charge in [0.25, 0.3) is 5.91 Å². The first-order valence-corrected chi connectivity index (χ1v) is 10.8. The van der Waals surface area contributed by atoms with E-state index < -0.39 is 17.5 Å². The molecule has 3 heterocycles. The molecule has 0 spiro atoms. The van der Waals surface area contributed by atoms with Crippen LogP contribution in [0.5, 0.6) is 0 Å². The van der Waals surface area contributed by atoms with E-state index in [2.05, 4.69) is 4.98 Å². The van der Waals surface area contributed by atoms with E-state index in [-0.39, 0.29) is 52.1 Å². The molecule has 0 atom stereocenters. The molecule has 166 valence electrons. The molecule has 2 aromatic carbocycles. The number of anilines is 2. The summed E-state index contributed by atoms with van der Waals surface area (Å²) in [5.74, 6) is -2.12. The summed E-state index contributed by atoms with van der Waals surface area (Å²) >= 11 is 0.977. The van der Waals surface area contributed by atoms with Crippen LogP contribution in [-0.2, 0) is 16.1 Å². The van der Waals surface area contributed by atoms with E-state index in [9.17, 15) is 23.2 Å². The number of amides is 3. The van der Waals surface area contributed by atoms with Crippen molar-refractivity contribution >= 4 is 50.1 Å². The zero-order valence-corrected chi connectivity index (χ0v) is 17.8. The van der Waals surface area contributed by atoms with Crippen LogP contribution in [0.15, 0.2) is 59.2 Å². The number of rotatable bonds is 5. The van der Waals surface area contributed by atoms with Gasteiger partial charge < -0.3 is 4.42 Å². The van der Waals surface area contributed by atoms with Crippen LogP contribution in [0.2, 0.25) is 0 Å². The molecular formula is C23H15F2N3O4S. The normalized spacial score (nSPS) is 13.8. The highest BCUT2D eigenvalue weighted by Crippen LogP contribution is 2.33. The van der Waals surface area contributed by atoms with Crippen molar-refractivity contribution in [1.29, 1.82) is 0 Å². The van der Waals surface area contributed by atoms with Crippen LogP contribution in [0.25, 0.3) is 10.2 Å². The van der Waals surface area contributed by atoms with Gasteiger partial charge in [-0.25, -0.2) is 13.8 Å². The van der Waals surface area contributed by atoms with Gasteiger partial charge in [0.1, 0.15) is 17.1 Å². The van der Waals surface area contributed by atoms with Crippen LogP contribution in [0.3, 0.4) is 0 Å². The molecule has 7 nitrogen and oxygen atoms in total. The molecule has 5 rings (SSSR count). The number of fused-ring (bicyclic) bond motifs is 1. The number of carbonyl (C=O) groups excluding carboxylic acids is 3. The SMILES string of the molecule is O=C(c1ccc(N2C(=O)CCC2=O)cc1)N(Cc1ccco1)c1nc2c(F)cc(F)cc2s1. The lowest BCUT2D eigenvalue weighted by atomic mass is 10.1. The first-order chi connectivity index (χ1) is 15.9. The third-order valence-electron chi connectivity index (χ3n) is 5.20. The quantitative estimate of drug-likeness (QED) is 0.399. The van der Waals surface area contributed by atoms with Crippen molar-refractivity contribution in [2.24, 2.45) is 0 Å². The topological polar surface area (TPSA) is 83.7 Å². The number of nitrogens with zero attached hydrogens (tertiary/aromatic N) is 3. The Balaban J connectivity index is 1.50. The molecule has 1 saturated heterocycles. The van der Waals surface area contributed by atoms with Gasteiger partial charge in [0, 0.05) is 24.5 Å². The van der Waals surface area contributed by atoms with Gasteiger partial charge in [-0.3, -0.25) is 24.2 Å². The predicted octanol–water partition coefficient (Wildman–Crippen LogP) is 4.67. The van der Waals surface area contributed by atoms with Crippen molar-refractivity contribution < 1.29 is 27.6 Å². The Labute approximate surface area is 189 Å². The Morgan fingerprint density at radius 1 is 1.09 bits per heavy atom. The second-order valence-corrected chi connectivity index (χ2v) is 8.38. The highest BCUT2D eigenvalue weighted by Gasteiger charge is 2.30. The lowest BCUT2D eigenvalue weighted by Gasteiger charge is -2.19. The monoisotopic (exact) mass is 467 g/mol. The number of thiazole rings is 1. The number of imide groups is 1. The first-order valence-electron chi connectivity index (χ1n) is 9.96. The van der Waals surface area contributed by atoms with E-state index in [1.54, 1.807) is 12.1 Å². The zero-order chi connectivity index (χ0) is 23.1. The molecule has 2 aromatic heterocycles. The van der Waals surface area contributed by atoms with E-state index in [1.807, 2.05) is 0 Å². The molecule has 0 bridgehead atoms. The average molecular weight is 467 g/mol. The molecule has 1 aliphatic heterocycles. The van der Waals surface area contributed by atoms with Gasteiger partial charge in [0.2, 0.25) is 11.8 Å². The molecule has 0 radical (unpaired) electrons. The van der Waals surface area contributed by atoms with Gasteiger partial charge in [-0.15, -0.1) is 0 Å². The number of aromatic nitrogens is 1. The summed E-state index contributed by atoms with van der Waals surface area (Å²) in [6.07, 6.45) is 1.78. The zero-order valence-electron chi connectivity index (χ0n) is 17.0. The maximum absolute atomic E-state index is 14.2. The first kappa shape index (κ1) is 21.0. The third kappa shape index (κ3) is 3.89. The lowest BCUT2D eigenvalue weighted by Crippen LogP contribution is -2.31. The van der Waals surface area contributed by atoms with Gasteiger partial charge in [-0.05, 0) is 42.5 Å². The fourth-order valence-corrected chi connectivity index (χ4v) is 4.62. The maximum atomic E-state index is 14.2. The second-order valence-electron chi connectivity index (χ2n) is 7.37. The summed E-state index contributed by atoms with van der Waals surface area (Å²) in [4.78, 5) is 44.0. The van der Waals surface area contributed by atoms with Crippen molar-refractivity contribution in [2.75, 3.05) is 9.80 Å². The van der Waals surface area contributed by atoms with Crippen molar-refractivity contribution in [2.45, 2.75) is 19.4 Å². The summed E-state index contributed by atoms with van der Waals surface area (Å²) in [7, 11) is 0. The Hall–Kier alpha value is -3.92. The Morgan fingerprint density at radius 2 is 1.82 bits per heavy atom. The van der Waals surface area contributed by atoms with E-state index in [4.69, 9.17) is 4.42 Å². The Morgan fingerprint density at radius 3 is 2.48 bits per heavy atom. The lowest BCUT2D eigenvalue weighted by molar-refractivity contribution is -0.121. The van der Waals surface area contributed by atoms with Gasteiger partial charge in [-0.2, -0.15) is 0 Å². The minimum absolute atomic E-state index is 0.0145. The minimum Gasteiger partial charge on any atom is -0.467 e. The van der Waals surface area contributed by atoms with Crippen LogP contribution < -0.4 is 9.80 Å². The van der Waals surface area contributed by atoms with Crippen LogP contribution in [0.4, 0.5) is 19.6 Å². The van der Waals surface area contributed by atoms with Gasteiger partial charge >= 0.3 is 0 Å². The van der Waals surface area contributed by atoms with Crippen molar-refractivity contribution in [3.05, 3.63) is 77.8 Å². The number of halogens is 2. The molecule has 0 unspecified atom stereocenters. The molecule has 33 heavy (non-hydrogen) atoms. The number of furan rings is 1. The summed E-state index contributed by atoms with van der Waals surface area (Å²) in [6, 6.07) is 11.3. The predicted molar refractivity (Wildman–Crippen MR) is 117 cm³/mol. The molecule has 1 fully saturated rings. The summed E-state index contributed by atoms with van der Waals surface area (Å²) in [6.45, 7) is 0.0145. The van der Waals surface area contributed by atoms with E-state index in [1.165, 1.54) is 35.4 Å². The molecule has 0 N–H and O–H groups in total. The van der Waals surface area contributed by atoms with Crippen LogP contribution in [0.1, 0.15) is 29.0 Å². The average Bonchev–Trinajstić information content (AvgIpc) is 3.52.